The minimum absolute atomic E-state index is 0.437. The molecule has 1 aromatic heterocycles. The lowest BCUT2D eigenvalue weighted by Gasteiger charge is -2.16. The van der Waals surface area contributed by atoms with E-state index in [2.05, 4.69) is 4.98 Å². The van der Waals surface area contributed by atoms with Crippen molar-refractivity contribution in [3.8, 4) is 0 Å². The molecule has 0 saturated carbocycles. The summed E-state index contributed by atoms with van der Waals surface area (Å²) in [6.45, 7) is 0.875. The lowest BCUT2D eigenvalue weighted by molar-refractivity contribution is 0.0572. The van der Waals surface area contributed by atoms with Gasteiger partial charge in [0.1, 0.15) is 5.82 Å². The predicted molar refractivity (Wildman–Crippen MR) is 52.9 cm³/mol. The van der Waals surface area contributed by atoms with E-state index in [0.29, 0.717) is 18.9 Å². The van der Waals surface area contributed by atoms with Crippen LogP contribution in [0, 0.1) is 0 Å². The maximum absolute atomic E-state index is 9.35. The zero-order valence-electron chi connectivity index (χ0n) is 7.67. The number of nitrogens with two attached hydrogens (primary N) is 1. The summed E-state index contributed by atoms with van der Waals surface area (Å²) in [5.41, 5.74) is 6.32. The normalized spacial score (nSPS) is 26.9. The van der Waals surface area contributed by atoms with E-state index in [4.69, 9.17) is 5.73 Å². The van der Waals surface area contributed by atoms with Crippen LogP contribution in [-0.2, 0) is 0 Å². The zero-order chi connectivity index (χ0) is 10.1. The van der Waals surface area contributed by atoms with Gasteiger partial charge in [-0.3, -0.25) is 0 Å². The minimum Gasteiger partial charge on any atom is -0.389 e. The lowest BCUT2D eigenvalue weighted by Crippen LogP contribution is -2.22. The van der Waals surface area contributed by atoms with Crippen LogP contribution < -0.4 is 10.6 Å². The van der Waals surface area contributed by atoms with E-state index in [9.17, 15) is 10.2 Å². The molecule has 1 saturated heterocycles. The molecule has 0 spiro atoms. The van der Waals surface area contributed by atoms with Crippen LogP contribution in [0.4, 0.5) is 11.5 Å². The average molecular weight is 195 g/mol. The second-order valence-electron chi connectivity index (χ2n) is 3.48. The van der Waals surface area contributed by atoms with Crippen molar-refractivity contribution in [2.24, 2.45) is 0 Å². The first kappa shape index (κ1) is 9.23. The van der Waals surface area contributed by atoms with Gasteiger partial charge in [-0.05, 0) is 12.1 Å². The molecule has 2 heterocycles. The lowest BCUT2D eigenvalue weighted by atomic mass is 10.3. The number of aliphatic hydroxyl groups is 2. The highest BCUT2D eigenvalue weighted by molar-refractivity contribution is 5.49. The third-order valence-electron chi connectivity index (χ3n) is 2.39. The number of aliphatic hydroxyl groups excluding tert-OH is 2. The quantitative estimate of drug-likeness (QED) is 0.547. The predicted octanol–water partition coefficient (Wildman–Crippen LogP) is -0.794. The Hall–Kier alpha value is -1.33. The van der Waals surface area contributed by atoms with Gasteiger partial charge < -0.3 is 20.8 Å². The minimum atomic E-state index is -0.674. The Morgan fingerprint density at radius 3 is 2.43 bits per heavy atom. The monoisotopic (exact) mass is 195 g/mol. The Bertz CT molecular complexity index is 304. The summed E-state index contributed by atoms with van der Waals surface area (Å²) in [4.78, 5) is 5.82. The molecule has 2 rings (SSSR count). The molecular weight excluding hydrogens is 182 g/mol. The Morgan fingerprint density at radius 1 is 1.29 bits per heavy atom. The first-order valence-corrected chi connectivity index (χ1v) is 4.49. The standard InChI is InChI=1S/C9H13N3O2/c10-9-2-1-6(3-11-9)12-4-7(13)8(14)5-12/h1-3,7-8,13-14H,4-5H2,(H2,10,11). The molecular formula is C9H13N3O2. The Kier molecular flexibility index (Phi) is 2.26. The maximum Gasteiger partial charge on any atom is 0.123 e. The second-order valence-corrected chi connectivity index (χ2v) is 3.48. The molecule has 76 valence electrons. The molecule has 14 heavy (non-hydrogen) atoms. The molecule has 1 fully saturated rings. The van der Waals surface area contributed by atoms with Crippen LogP contribution in [0.2, 0.25) is 0 Å². The van der Waals surface area contributed by atoms with Crippen molar-refractivity contribution in [1.29, 1.82) is 0 Å². The van der Waals surface area contributed by atoms with Crippen LogP contribution in [0.1, 0.15) is 0 Å². The van der Waals surface area contributed by atoms with E-state index in [-0.39, 0.29) is 0 Å². The van der Waals surface area contributed by atoms with Gasteiger partial charge in [0, 0.05) is 13.1 Å². The number of anilines is 2. The molecule has 0 aliphatic carbocycles. The summed E-state index contributed by atoms with van der Waals surface area (Å²) in [6.07, 6.45) is 0.292. The molecule has 4 N–H and O–H groups in total. The number of rotatable bonds is 1. The highest BCUT2D eigenvalue weighted by atomic mass is 16.3. The number of pyridine rings is 1. The summed E-state index contributed by atoms with van der Waals surface area (Å²) in [5.74, 6) is 0.467. The molecule has 1 aromatic rings. The van der Waals surface area contributed by atoms with Gasteiger partial charge >= 0.3 is 0 Å². The van der Waals surface area contributed by atoms with Crippen molar-refractivity contribution in [3.05, 3.63) is 18.3 Å². The highest BCUT2D eigenvalue weighted by Crippen LogP contribution is 2.20. The van der Waals surface area contributed by atoms with Crippen LogP contribution in [0.5, 0.6) is 0 Å². The summed E-state index contributed by atoms with van der Waals surface area (Å²) < 4.78 is 0. The summed E-state index contributed by atoms with van der Waals surface area (Å²) in [7, 11) is 0. The summed E-state index contributed by atoms with van der Waals surface area (Å²) in [5, 5.41) is 18.7. The summed E-state index contributed by atoms with van der Waals surface area (Å²) in [6, 6.07) is 3.53. The molecule has 5 heteroatoms. The largest absolute Gasteiger partial charge is 0.389 e. The third-order valence-corrected chi connectivity index (χ3v) is 2.39. The van der Waals surface area contributed by atoms with E-state index in [0.717, 1.165) is 5.69 Å². The molecule has 2 atom stereocenters. The maximum atomic E-state index is 9.35. The first-order chi connectivity index (χ1) is 6.66. The topological polar surface area (TPSA) is 82.6 Å². The van der Waals surface area contributed by atoms with Gasteiger partial charge in [0.2, 0.25) is 0 Å². The fraction of sp³-hybridized carbons (Fsp3) is 0.444. The van der Waals surface area contributed by atoms with Crippen LogP contribution in [-0.4, -0.2) is 40.5 Å². The van der Waals surface area contributed by atoms with Gasteiger partial charge in [-0.25, -0.2) is 4.98 Å². The van der Waals surface area contributed by atoms with Crippen molar-refractivity contribution in [2.45, 2.75) is 12.2 Å². The van der Waals surface area contributed by atoms with E-state index in [1.807, 2.05) is 11.0 Å². The van der Waals surface area contributed by atoms with E-state index in [1.165, 1.54) is 0 Å². The van der Waals surface area contributed by atoms with E-state index in [1.54, 1.807) is 12.3 Å². The summed E-state index contributed by atoms with van der Waals surface area (Å²) >= 11 is 0. The third kappa shape index (κ3) is 1.64. The number of aromatic nitrogens is 1. The van der Waals surface area contributed by atoms with Crippen molar-refractivity contribution in [2.75, 3.05) is 23.7 Å². The van der Waals surface area contributed by atoms with Gasteiger partial charge in [-0.1, -0.05) is 0 Å². The zero-order valence-corrected chi connectivity index (χ0v) is 7.67. The van der Waals surface area contributed by atoms with Gasteiger partial charge in [-0.15, -0.1) is 0 Å². The number of nitrogen functional groups attached to an aromatic ring is 1. The Balaban J connectivity index is 2.13. The van der Waals surface area contributed by atoms with Crippen LogP contribution in [0.15, 0.2) is 18.3 Å². The van der Waals surface area contributed by atoms with Crippen molar-refractivity contribution < 1.29 is 10.2 Å². The molecule has 0 radical (unpaired) electrons. The van der Waals surface area contributed by atoms with Crippen molar-refractivity contribution in [1.82, 2.24) is 4.98 Å². The Morgan fingerprint density at radius 2 is 1.93 bits per heavy atom. The van der Waals surface area contributed by atoms with Gasteiger partial charge in [-0.2, -0.15) is 0 Å². The molecule has 0 amide bonds. The number of hydrogen-bond acceptors (Lipinski definition) is 5. The molecule has 0 bridgehead atoms. The smallest absolute Gasteiger partial charge is 0.123 e. The van der Waals surface area contributed by atoms with E-state index < -0.39 is 12.2 Å². The molecule has 5 nitrogen and oxygen atoms in total. The van der Waals surface area contributed by atoms with Crippen LogP contribution in [0.25, 0.3) is 0 Å². The van der Waals surface area contributed by atoms with Gasteiger partial charge in [0.05, 0.1) is 24.1 Å². The highest BCUT2D eigenvalue weighted by Gasteiger charge is 2.29. The van der Waals surface area contributed by atoms with E-state index >= 15 is 0 Å². The molecule has 1 aliphatic heterocycles. The number of nitrogens with zero attached hydrogens (tertiary/aromatic N) is 2. The number of hydrogen-bond donors (Lipinski definition) is 3. The molecule has 0 aromatic carbocycles. The van der Waals surface area contributed by atoms with Gasteiger partial charge in [0.15, 0.2) is 0 Å². The molecule has 2 unspecified atom stereocenters. The van der Waals surface area contributed by atoms with Crippen LogP contribution in [0.3, 0.4) is 0 Å². The SMILES string of the molecule is Nc1ccc(N2CC(O)C(O)C2)cn1. The fourth-order valence-electron chi connectivity index (χ4n) is 1.56. The molecule has 1 aliphatic rings. The first-order valence-electron chi connectivity index (χ1n) is 4.49. The number of β-amino-alcohol motifs (C(OH)–C–C–N with tert-alkyl or cyclic N) is 2. The van der Waals surface area contributed by atoms with Crippen molar-refractivity contribution >= 4 is 11.5 Å². The van der Waals surface area contributed by atoms with Gasteiger partial charge in [0.25, 0.3) is 0 Å². The second kappa shape index (κ2) is 3.43. The average Bonchev–Trinajstić information content (AvgIpc) is 2.48. The van der Waals surface area contributed by atoms with Crippen LogP contribution >= 0.6 is 0 Å². The fourth-order valence-corrected chi connectivity index (χ4v) is 1.56. The Labute approximate surface area is 81.8 Å². The van der Waals surface area contributed by atoms with Crippen molar-refractivity contribution in [3.63, 3.8) is 0 Å².